The Morgan fingerprint density at radius 2 is 1.53 bits per heavy atom. The summed E-state index contributed by atoms with van der Waals surface area (Å²) in [7, 11) is 0. The Bertz CT molecular complexity index is 1320. The number of anilines is 1. The minimum atomic E-state index is -1.08. The average molecular weight is 635 g/mol. The monoisotopic (exact) mass is 633 g/mol. The van der Waals surface area contributed by atoms with Crippen molar-refractivity contribution in [1.82, 2.24) is 9.80 Å². The number of hydrogen-bond donors (Lipinski definition) is 0. The summed E-state index contributed by atoms with van der Waals surface area (Å²) in [5.41, 5.74) is 1.35. The number of fused-ring (bicyclic) bond motifs is 1. The number of rotatable bonds is 5. The average Bonchev–Trinajstić information content (AvgIpc) is 2.90. The first-order valence-corrected chi connectivity index (χ1v) is 15.3. The van der Waals surface area contributed by atoms with E-state index in [9.17, 15) is 14.4 Å². The molecule has 2 aliphatic heterocycles. The van der Waals surface area contributed by atoms with Crippen LogP contribution in [0.15, 0.2) is 36.4 Å². The van der Waals surface area contributed by atoms with Crippen LogP contribution in [0, 0.1) is 0 Å². The molecule has 0 N–H and O–H groups in total. The third-order valence-electron chi connectivity index (χ3n) is 7.11. The lowest BCUT2D eigenvalue weighted by molar-refractivity contribution is 0.00389. The molecule has 9 nitrogen and oxygen atoms in total. The molecule has 11 heteroatoms. The lowest BCUT2D eigenvalue weighted by Gasteiger charge is -2.37. The Morgan fingerprint density at radius 1 is 0.907 bits per heavy atom. The maximum absolute atomic E-state index is 13.5. The van der Waals surface area contributed by atoms with Gasteiger partial charge in [0, 0.05) is 43.3 Å². The minimum absolute atomic E-state index is 0.121. The number of amides is 3. The van der Waals surface area contributed by atoms with Crippen LogP contribution in [0.5, 0.6) is 0 Å². The van der Waals surface area contributed by atoms with Gasteiger partial charge in [0.2, 0.25) is 0 Å². The van der Waals surface area contributed by atoms with Crippen LogP contribution in [-0.4, -0.2) is 78.4 Å². The van der Waals surface area contributed by atoms with Gasteiger partial charge in [-0.1, -0.05) is 29.3 Å². The largest absolute Gasteiger partial charge is 0.443 e. The molecular formula is C32H41Cl2N3O6. The summed E-state index contributed by atoms with van der Waals surface area (Å²) in [4.78, 5) is 44.6. The molecule has 2 aliphatic rings. The second-order valence-electron chi connectivity index (χ2n) is 12.8. The van der Waals surface area contributed by atoms with E-state index in [2.05, 4.69) is 9.80 Å². The lowest BCUT2D eigenvalue weighted by Crippen LogP contribution is -2.47. The normalized spacial score (nSPS) is 17.7. The smallest absolute Gasteiger partial charge is 0.427 e. The number of nitrogens with zero attached hydrogens (tertiary/aromatic N) is 3. The van der Waals surface area contributed by atoms with E-state index < -0.39 is 29.3 Å². The Morgan fingerprint density at radius 3 is 2.12 bits per heavy atom. The van der Waals surface area contributed by atoms with E-state index in [0.29, 0.717) is 28.0 Å². The molecule has 1 saturated heterocycles. The number of benzene rings is 2. The molecule has 1 atom stereocenters. The number of hydrogen-bond acceptors (Lipinski definition) is 8. The molecule has 0 spiro atoms. The van der Waals surface area contributed by atoms with Gasteiger partial charge < -0.3 is 19.1 Å². The number of piperazine rings is 1. The fourth-order valence-corrected chi connectivity index (χ4v) is 5.67. The van der Waals surface area contributed by atoms with Crippen molar-refractivity contribution in [2.24, 2.45) is 0 Å². The Balaban J connectivity index is 1.42. The fraction of sp³-hybridized carbons (Fsp3) is 0.531. The number of ether oxygens (including phenoxy) is 3. The summed E-state index contributed by atoms with van der Waals surface area (Å²) in [5, 5.41) is 1.28. The van der Waals surface area contributed by atoms with Crippen molar-refractivity contribution in [3.63, 3.8) is 0 Å². The van der Waals surface area contributed by atoms with E-state index in [-0.39, 0.29) is 11.7 Å². The van der Waals surface area contributed by atoms with Gasteiger partial charge in [0.15, 0.2) is 0 Å². The Kier molecular flexibility index (Phi) is 10.3. The van der Waals surface area contributed by atoms with Crippen LogP contribution in [0.4, 0.5) is 15.3 Å². The fourth-order valence-electron chi connectivity index (χ4n) is 5.14. The Hall–Kier alpha value is -2.85. The summed E-state index contributed by atoms with van der Waals surface area (Å²) in [5.74, 6) is -0.798. The number of carbonyl (C=O) groups is 3. The number of imide groups is 3. The van der Waals surface area contributed by atoms with Gasteiger partial charge in [-0.15, -0.1) is 4.90 Å². The van der Waals surface area contributed by atoms with Crippen molar-refractivity contribution >= 4 is 47.0 Å². The quantitative estimate of drug-likeness (QED) is 0.343. The van der Waals surface area contributed by atoms with Crippen LogP contribution in [0.3, 0.4) is 0 Å². The van der Waals surface area contributed by atoms with Crippen LogP contribution in [-0.2, 0) is 20.6 Å². The molecule has 3 amide bonds. The molecule has 234 valence electrons. The lowest BCUT2D eigenvalue weighted by atomic mass is 9.93. The highest BCUT2D eigenvalue weighted by molar-refractivity contribution is 6.36. The predicted molar refractivity (Wildman–Crippen MR) is 167 cm³/mol. The molecule has 0 aromatic heterocycles. The van der Waals surface area contributed by atoms with Crippen molar-refractivity contribution < 1.29 is 28.6 Å². The van der Waals surface area contributed by atoms with Gasteiger partial charge in [-0.05, 0) is 95.8 Å². The van der Waals surface area contributed by atoms with E-state index in [0.717, 1.165) is 56.0 Å². The summed E-state index contributed by atoms with van der Waals surface area (Å²) in [6.45, 7) is 14.9. The van der Waals surface area contributed by atoms with Gasteiger partial charge >= 0.3 is 12.2 Å². The zero-order valence-electron chi connectivity index (χ0n) is 25.7. The van der Waals surface area contributed by atoms with Crippen molar-refractivity contribution in [3.8, 4) is 0 Å². The van der Waals surface area contributed by atoms with E-state index in [1.165, 1.54) is 0 Å². The first-order chi connectivity index (χ1) is 20.1. The van der Waals surface area contributed by atoms with Gasteiger partial charge in [0.05, 0.1) is 23.4 Å². The first-order valence-electron chi connectivity index (χ1n) is 14.6. The maximum Gasteiger partial charge on any atom is 0.427 e. The SMILES string of the molecule is CC(C)(C)OC(=O)N(C(=O)OC(C)(C)C)C(=O)c1ccc2c(c1)CCOC2CCN1CCN(c2ccc(Cl)cc2Cl)CC1. The second kappa shape index (κ2) is 13.4. The van der Waals surface area contributed by atoms with Gasteiger partial charge in [0.25, 0.3) is 5.91 Å². The van der Waals surface area contributed by atoms with E-state index in [4.69, 9.17) is 37.4 Å². The van der Waals surface area contributed by atoms with Crippen LogP contribution in [0.2, 0.25) is 10.0 Å². The standard InChI is InChI=1S/C32H41Cl2N3O6/c1-31(2,3)42-29(39)37(30(40)43-32(4,5)6)28(38)22-7-9-24-21(19-22)12-18-41-27(24)11-13-35-14-16-36(17-15-35)26-10-8-23(33)20-25(26)34/h7-10,19-20,27H,11-18H2,1-6H3. The molecule has 0 aliphatic carbocycles. The minimum Gasteiger partial charge on any atom is -0.443 e. The molecule has 0 saturated carbocycles. The predicted octanol–water partition coefficient (Wildman–Crippen LogP) is 7.13. The Labute approximate surface area is 263 Å². The highest BCUT2D eigenvalue weighted by Crippen LogP contribution is 2.32. The molecule has 0 radical (unpaired) electrons. The zero-order valence-corrected chi connectivity index (χ0v) is 27.3. The second-order valence-corrected chi connectivity index (χ2v) is 13.7. The molecule has 1 fully saturated rings. The van der Waals surface area contributed by atoms with Crippen LogP contribution in [0.25, 0.3) is 0 Å². The summed E-state index contributed by atoms with van der Waals surface area (Å²) >= 11 is 12.5. The van der Waals surface area contributed by atoms with Gasteiger partial charge in [-0.2, -0.15) is 0 Å². The van der Waals surface area contributed by atoms with Gasteiger partial charge in [-0.3, -0.25) is 9.69 Å². The third-order valence-corrected chi connectivity index (χ3v) is 7.65. The zero-order chi connectivity index (χ0) is 31.5. The molecule has 1 unspecified atom stereocenters. The van der Waals surface area contributed by atoms with Gasteiger partial charge in [-0.25, -0.2) is 9.59 Å². The summed E-state index contributed by atoms with van der Waals surface area (Å²) in [6.07, 6.45) is -0.867. The van der Waals surface area contributed by atoms with Crippen LogP contribution in [0.1, 0.15) is 75.6 Å². The molecule has 2 heterocycles. The number of carbonyl (C=O) groups excluding carboxylic acids is 3. The van der Waals surface area contributed by atoms with E-state index in [1.807, 2.05) is 18.2 Å². The maximum atomic E-state index is 13.5. The highest BCUT2D eigenvalue weighted by atomic mass is 35.5. The highest BCUT2D eigenvalue weighted by Gasteiger charge is 2.37. The molecule has 2 aromatic carbocycles. The van der Waals surface area contributed by atoms with Crippen LogP contribution >= 0.6 is 23.2 Å². The van der Waals surface area contributed by atoms with Crippen LogP contribution < -0.4 is 4.90 Å². The molecule has 4 rings (SSSR count). The van der Waals surface area contributed by atoms with Crippen molar-refractivity contribution in [3.05, 3.63) is 63.1 Å². The molecule has 2 aromatic rings. The molecule has 0 bridgehead atoms. The molecule has 43 heavy (non-hydrogen) atoms. The number of halogens is 2. The van der Waals surface area contributed by atoms with E-state index in [1.54, 1.807) is 59.7 Å². The van der Waals surface area contributed by atoms with Crippen molar-refractivity contribution in [2.45, 2.75) is 71.7 Å². The summed E-state index contributed by atoms with van der Waals surface area (Å²) in [6, 6.07) is 10.8. The third kappa shape index (κ3) is 8.85. The van der Waals surface area contributed by atoms with Crippen molar-refractivity contribution in [2.75, 3.05) is 44.2 Å². The first kappa shape index (κ1) is 33.1. The summed E-state index contributed by atoms with van der Waals surface area (Å²) < 4.78 is 16.9. The molecular weight excluding hydrogens is 593 g/mol. The topological polar surface area (TPSA) is 88.6 Å². The van der Waals surface area contributed by atoms with Gasteiger partial charge in [0.1, 0.15) is 11.2 Å². The van der Waals surface area contributed by atoms with E-state index >= 15 is 0 Å². The van der Waals surface area contributed by atoms with Crippen molar-refractivity contribution in [1.29, 1.82) is 0 Å².